The van der Waals surface area contributed by atoms with Crippen molar-refractivity contribution in [2.24, 2.45) is 0 Å². The molecule has 1 N–H and O–H groups in total. The van der Waals surface area contributed by atoms with E-state index in [0.29, 0.717) is 5.39 Å². The lowest BCUT2D eigenvalue weighted by molar-refractivity contribution is -0.131. The van der Waals surface area contributed by atoms with Crippen LogP contribution in [0.15, 0.2) is 30.6 Å². The van der Waals surface area contributed by atoms with Crippen molar-refractivity contribution in [2.45, 2.75) is 44.8 Å². The van der Waals surface area contributed by atoms with Gasteiger partial charge < -0.3 is 10.2 Å². The third kappa shape index (κ3) is 3.97. The first-order valence-electron chi connectivity index (χ1n) is 11.3. The Labute approximate surface area is 202 Å². The van der Waals surface area contributed by atoms with Gasteiger partial charge in [-0.2, -0.15) is 4.52 Å². The summed E-state index contributed by atoms with van der Waals surface area (Å²) in [5.41, 5.74) is -1.78. The molecule has 0 unspecified atom stereocenters. The average molecular weight is 502 g/mol. The first kappa shape index (κ1) is 23.8. The van der Waals surface area contributed by atoms with Crippen LogP contribution in [0.4, 0.5) is 23.4 Å². The van der Waals surface area contributed by atoms with E-state index >= 15 is 4.39 Å². The molecule has 0 spiro atoms. The van der Waals surface area contributed by atoms with Crippen molar-refractivity contribution in [3.8, 4) is 0 Å². The van der Waals surface area contributed by atoms with E-state index in [-0.39, 0.29) is 60.1 Å². The minimum Gasteiger partial charge on any atom is -0.363 e. The van der Waals surface area contributed by atoms with Gasteiger partial charge in [0.25, 0.3) is 6.43 Å². The van der Waals surface area contributed by atoms with E-state index in [0.717, 1.165) is 6.07 Å². The molecule has 13 heteroatoms. The van der Waals surface area contributed by atoms with Gasteiger partial charge in [0.15, 0.2) is 11.3 Å². The summed E-state index contributed by atoms with van der Waals surface area (Å²) in [5.74, 6) is -0.894. The number of carbonyl (C=O) groups is 1. The molecule has 1 aliphatic heterocycles. The number of hydrogen-bond acceptors (Lipinski definition) is 7. The van der Waals surface area contributed by atoms with Crippen molar-refractivity contribution < 1.29 is 22.4 Å². The summed E-state index contributed by atoms with van der Waals surface area (Å²) in [6.07, 6.45) is -1.60. The lowest BCUT2D eigenvalue weighted by atomic mass is 9.86. The zero-order valence-electron chi connectivity index (χ0n) is 19.4. The number of pyridine rings is 1. The molecule has 1 fully saturated rings. The van der Waals surface area contributed by atoms with Crippen molar-refractivity contribution in [2.75, 3.05) is 18.4 Å². The van der Waals surface area contributed by atoms with Gasteiger partial charge in [0.05, 0.1) is 17.0 Å². The molecule has 1 aliphatic rings. The highest BCUT2D eigenvalue weighted by atomic mass is 19.3. The molecule has 1 saturated heterocycles. The highest BCUT2D eigenvalue weighted by Crippen LogP contribution is 2.41. The van der Waals surface area contributed by atoms with Crippen LogP contribution in [0.25, 0.3) is 16.7 Å². The van der Waals surface area contributed by atoms with Crippen LogP contribution in [0.2, 0.25) is 0 Å². The average Bonchev–Trinajstić information content (AvgIpc) is 3.34. The first-order valence-corrected chi connectivity index (χ1v) is 11.3. The number of rotatable bonds is 5. The summed E-state index contributed by atoms with van der Waals surface area (Å²) in [6, 6.07) is 4.61. The van der Waals surface area contributed by atoms with Crippen molar-refractivity contribution in [3.05, 3.63) is 53.1 Å². The van der Waals surface area contributed by atoms with Gasteiger partial charge in [0, 0.05) is 44.0 Å². The third-order valence-electron chi connectivity index (χ3n) is 6.66. The number of carbonyl (C=O) groups excluding carboxylic acids is 1. The van der Waals surface area contributed by atoms with Gasteiger partial charge >= 0.3 is 0 Å². The molecule has 0 bridgehead atoms. The van der Waals surface area contributed by atoms with E-state index in [4.69, 9.17) is 0 Å². The maximum absolute atomic E-state index is 16.3. The Hall–Kier alpha value is -3.90. The number of piperidine rings is 1. The number of nitrogens with zero attached hydrogens (tertiary/aromatic N) is 7. The summed E-state index contributed by atoms with van der Waals surface area (Å²) in [5, 5.41) is 15.1. The summed E-state index contributed by atoms with van der Waals surface area (Å²) in [6.45, 7) is 3.53. The van der Waals surface area contributed by atoms with Gasteiger partial charge in [-0.1, -0.05) is 18.2 Å². The first-order chi connectivity index (χ1) is 17.2. The molecule has 5 rings (SSSR count). The summed E-state index contributed by atoms with van der Waals surface area (Å²) >= 11 is 0. The van der Waals surface area contributed by atoms with Gasteiger partial charge in [-0.05, 0) is 23.4 Å². The number of likely N-dealkylation sites (tertiary alicyclic amines) is 1. The lowest BCUT2D eigenvalue weighted by Crippen LogP contribution is -2.42. The molecule has 188 valence electrons. The lowest BCUT2D eigenvalue weighted by Gasteiger charge is -2.36. The second-order valence-electron chi connectivity index (χ2n) is 8.82. The molecule has 1 atom stereocenters. The second-order valence-corrected chi connectivity index (χ2v) is 8.82. The molecule has 0 aliphatic carbocycles. The van der Waals surface area contributed by atoms with Crippen LogP contribution in [-0.2, 0) is 10.5 Å². The van der Waals surface area contributed by atoms with Crippen LogP contribution in [0.1, 0.15) is 55.8 Å². The molecular weight excluding hydrogens is 480 g/mol. The number of alkyl halides is 3. The smallest absolute Gasteiger partial charge is 0.266 e. The molecule has 0 radical (unpaired) electrons. The maximum Gasteiger partial charge on any atom is 0.266 e. The van der Waals surface area contributed by atoms with Crippen LogP contribution >= 0.6 is 0 Å². The highest BCUT2D eigenvalue weighted by Gasteiger charge is 2.40. The molecule has 9 nitrogen and oxygen atoms in total. The Morgan fingerprint density at radius 1 is 1.14 bits per heavy atom. The molecule has 3 aromatic heterocycles. The van der Waals surface area contributed by atoms with Gasteiger partial charge in [0.2, 0.25) is 5.91 Å². The highest BCUT2D eigenvalue weighted by molar-refractivity contribution is 5.89. The number of amides is 1. The van der Waals surface area contributed by atoms with Gasteiger partial charge in [-0.3, -0.25) is 4.79 Å². The molecule has 36 heavy (non-hydrogen) atoms. The molecule has 0 saturated carbocycles. The molecule has 4 aromatic rings. The Bertz CT molecular complexity index is 1450. The Morgan fingerprint density at radius 3 is 2.56 bits per heavy atom. The standard InChI is InChI=1S/C23H22F4N8O/c1-12(14-4-3-5-15(18(14)24)19(25)26)30-20-16-10-17(23(27)6-8-34(9-7-23)13(2)36)22-31-32-33-35(22)21(16)29-11-28-20/h3-5,10-12,19H,6-9H2,1-2H3,(H,28,29,30)/t12-/m1/s1. The number of tetrazole rings is 1. The molecule has 4 heterocycles. The fourth-order valence-corrected chi connectivity index (χ4v) is 4.64. The summed E-state index contributed by atoms with van der Waals surface area (Å²) in [7, 11) is 0. The Balaban J connectivity index is 1.57. The predicted octanol–water partition coefficient (Wildman–Crippen LogP) is 4.12. The summed E-state index contributed by atoms with van der Waals surface area (Å²) < 4.78 is 58.7. The number of anilines is 1. The summed E-state index contributed by atoms with van der Waals surface area (Å²) in [4.78, 5) is 21.8. The van der Waals surface area contributed by atoms with Crippen LogP contribution in [0.3, 0.4) is 0 Å². The van der Waals surface area contributed by atoms with E-state index in [9.17, 15) is 18.0 Å². The van der Waals surface area contributed by atoms with E-state index in [1.807, 2.05) is 0 Å². The Morgan fingerprint density at radius 2 is 1.86 bits per heavy atom. The molecule has 1 amide bonds. The fraction of sp³-hybridized carbons (Fsp3) is 0.391. The van der Waals surface area contributed by atoms with E-state index in [2.05, 4.69) is 30.8 Å². The zero-order chi connectivity index (χ0) is 25.6. The van der Waals surface area contributed by atoms with Gasteiger partial charge in [-0.25, -0.2) is 27.5 Å². The number of aromatic nitrogens is 6. The van der Waals surface area contributed by atoms with E-state index in [1.54, 1.807) is 17.9 Å². The molecular formula is C23H22F4N8O. The van der Waals surface area contributed by atoms with Crippen LogP contribution in [-0.4, -0.2) is 53.9 Å². The zero-order valence-corrected chi connectivity index (χ0v) is 19.4. The quantitative estimate of drug-likeness (QED) is 0.410. The number of benzene rings is 1. The predicted molar refractivity (Wildman–Crippen MR) is 122 cm³/mol. The van der Waals surface area contributed by atoms with Crippen LogP contribution in [0, 0.1) is 5.82 Å². The minimum atomic E-state index is -2.96. The van der Waals surface area contributed by atoms with Crippen LogP contribution in [0.5, 0.6) is 0 Å². The van der Waals surface area contributed by atoms with Crippen molar-refractivity contribution in [1.82, 2.24) is 34.9 Å². The number of fused-ring (bicyclic) bond motifs is 3. The third-order valence-corrected chi connectivity index (χ3v) is 6.66. The fourth-order valence-electron chi connectivity index (χ4n) is 4.64. The van der Waals surface area contributed by atoms with Gasteiger partial charge in [-0.15, -0.1) is 5.10 Å². The van der Waals surface area contributed by atoms with E-state index in [1.165, 1.54) is 29.9 Å². The van der Waals surface area contributed by atoms with Gasteiger partial charge in [0.1, 0.15) is 23.6 Å². The second kappa shape index (κ2) is 8.95. The van der Waals surface area contributed by atoms with Crippen molar-refractivity contribution in [3.63, 3.8) is 0 Å². The van der Waals surface area contributed by atoms with Crippen molar-refractivity contribution >= 4 is 28.4 Å². The SMILES string of the molecule is CC(=O)N1CCC(F)(c2cc3c(N[C@H](C)c4cccc(C(F)F)c4F)ncnc3n3nnnc23)CC1. The minimum absolute atomic E-state index is 0.0295. The normalized spacial score (nSPS) is 16.6. The number of hydrogen-bond donors (Lipinski definition) is 1. The van der Waals surface area contributed by atoms with Crippen molar-refractivity contribution in [1.29, 1.82) is 0 Å². The van der Waals surface area contributed by atoms with E-state index < -0.39 is 29.5 Å². The largest absolute Gasteiger partial charge is 0.363 e. The topological polar surface area (TPSA) is 101 Å². The number of halogens is 4. The monoisotopic (exact) mass is 502 g/mol. The molecule has 1 aromatic carbocycles. The Kier molecular flexibility index (Phi) is 5.92. The number of nitrogens with one attached hydrogen (secondary N) is 1. The van der Waals surface area contributed by atoms with Crippen LogP contribution < -0.4 is 5.32 Å². The maximum atomic E-state index is 16.3.